The van der Waals surface area contributed by atoms with Gasteiger partial charge >= 0.3 is 0 Å². The molecular formula is C13H22BrNOS. The van der Waals surface area contributed by atoms with Crippen LogP contribution in [0.3, 0.4) is 0 Å². The zero-order valence-corrected chi connectivity index (χ0v) is 13.5. The fourth-order valence-electron chi connectivity index (χ4n) is 1.70. The standard InChI is InChI=1S/C13H22BrNOS/c1-5-15-11(6-7-13(2,3)16-4)12-8-10(14)9-17-12/h8-9,11,15H,5-7H2,1-4H3. The Hall–Kier alpha value is 0.1000. The first kappa shape index (κ1) is 15.2. The monoisotopic (exact) mass is 319 g/mol. The van der Waals surface area contributed by atoms with Crippen molar-refractivity contribution in [2.45, 2.75) is 45.3 Å². The number of rotatable bonds is 7. The molecule has 1 heterocycles. The summed E-state index contributed by atoms with van der Waals surface area (Å²) in [6, 6.07) is 2.64. The molecule has 1 unspecified atom stereocenters. The van der Waals surface area contributed by atoms with Crippen molar-refractivity contribution in [2.24, 2.45) is 0 Å². The maximum absolute atomic E-state index is 5.47. The number of hydrogen-bond donors (Lipinski definition) is 1. The molecule has 0 fully saturated rings. The number of methoxy groups -OCH3 is 1. The molecule has 0 aromatic carbocycles. The molecule has 0 radical (unpaired) electrons. The summed E-state index contributed by atoms with van der Waals surface area (Å²) in [5.41, 5.74) is -0.0395. The molecule has 0 bridgehead atoms. The van der Waals surface area contributed by atoms with Crippen LogP contribution in [0.4, 0.5) is 0 Å². The number of thiophene rings is 1. The summed E-state index contributed by atoms with van der Waals surface area (Å²) < 4.78 is 6.65. The summed E-state index contributed by atoms with van der Waals surface area (Å²) in [5, 5.41) is 5.68. The second-order valence-electron chi connectivity index (χ2n) is 4.78. The van der Waals surface area contributed by atoms with Gasteiger partial charge in [0.2, 0.25) is 0 Å². The van der Waals surface area contributed by atoms with Crippen LogP contribution in [-0.2, 0) is 4.74 Å². The zero-order valence-electron chi connectivity index (χ0n) is 11.0. The Labute approximate surface area is 117 Å². The van der Waals surface area contributed by atoms with Gasteiger partial charge in [-0.2, -0.15) is 0 Å². The molecule has 0 aliphatic heterocycles. The van der Waals surface area contributed by atoms with E-state index in [-0.39, 0.29) is 5.60 Å². The van der Waals surface area contributed by atoms with Crippen molar-refractivity contribution in [1.29, 1.82) is 0 Å². The number of hydrogen-bond acceptors (Lipinski definition) is 3. The average Bonchev–Trinajstić information content (AvgIpc) is 2.71. The molecule has 0 aliphatic rings. The lowest BCUT2D eigenvalue weighted by atomic mass is 9.98. The van der Waals surface area contributed by atoms with E-state index in [1.165, 1.54) is 9.35 Å². The predicted octanol–water partition coefficient (Wildman–Crippen LogP) is 4.37. The van der Waals surface area contributed by atoms with E-state index >= 15 is 0 Å². The van der Waals surface area contributed by atoms with Gasteiger partial charge in [-0.25, -0.2) is 0 Å². The van der Waals surface area contributed by atoms with E-state index in [4.69, 9.17) is 4.74 Å². The summed E-state index contributed by atoms with van der Waals surface area (Å²) >= 11 is 5.32. The largest absolute Gasteiger partial charge is 0.379 e. The molecule has 0 spiro atoms. The third kappa shape index (κ3) is 5.08. The molecule has 1 rings (SSSR count). The average molecular weight is 320 g/mol. The minimum atomic E-state index is -0.0395. The van der Waals surface area contributed by atoms with Gasteiger partial charge < -0.3 is 10.1 Å². The first-order valence-corrected chi connectivity index (χ1v) is 7.68. The minimum absolute atomic E-state index is 0.0395. The maximum atomic E-state index is 5.47. The molecular weight excluding hydrogens is 298 g/mol. The lowest BCUT2D eigenvalue weighted by Gasteiger charge is -2.26. The Balaban J connectivity index is 2.61. The van der Waals surface area contributed by atoms with Crippen LogP contribution in [0.2, 0.25) is 0 Å². The molecule has 2 nitrogen and oxygen atoms in total. The van der Waals surface area contributed by atoms with Gasteiger partial charge in [0.1, 0.15) is 0 Å². The lowest BCUT2D eigenvalue weighted by molar-refractivity contribution is 0.0118. The van der Waals surface area contributed by atoms with Crippen LogP contribution >= 0.6 is 27.3 Å². The molecule has 0 amide bonds. The summed E-state index contributed by atoms with van der Waals surface area (Å²) in [6.45, 7) is 7.42. The van der Waals surface area contributed by atoms with Gasteiger partial charge in [0.05, 0.1) is 5.60 Å². The third-order valence-electron chi connectivity index (χ3n) is 2.97. The molecule has 4 heteroatoms. The van der Waals surface area contributed by atoms with Crippen LogP contribution in [0, 0.1) is 0 Å². The van der Waals surface area contributed by atoms with Gasteiger partial charge in [-0.1, -0.05) is 6.92 Å². The lowest BCUT2D eigenvalue weighted by Crippen LogP contribution is -2.27. The second-order valence-corrected chi connectivity index (χ2v) is 6.64. The van der Waals surface area contributed by atoms with Crippen molar-refractivity contribution < 1.29 is 4.74 Å². The van der Waals surface area contributed by atoms with Crippen LogP contribution in [0.1, 0.15) is 44.5 Å². The van der Waals surface area contributed by atoms with Crippen LogP contribution in [0.25, 0.3) is 0 Å². The van der Waals surface area contributed by atoms with E-state index in [9.17, 15) is 0 Å². The maximum Gasteiger partial charge on any atom is 0.0623 e. The number of halogens is 1. The van der Waals surface area contributed by atoms with Crippen molar-refractivity contribution in [1.82, 2.24) is 5.32 Å². The van der Waals surface area contributed by atoms with Crippen LogP contribution in [-0.4, -0.2) is 19.3 Å². The fourth-order valence-corrected chi connectivity index (χ4v) is 3.25. The minimum Gasteiger partial charge on any atom is -0.379 e. The van der Waals surface area contributed by atoms with E-state index in [2.05, 4.69) is 53.5 Å². The topological polar surface area (TPSA) is 21.3 Å². The van der Waals surface area contributed by atoms with E-state index in [0.29, 0.717) is 6.04 Å². The summed E-state index contributed by atoms with van der Waals surface area (Å²) in [7, 11) is 1.78. The molecule has 1 N–H and O–H groups in total. The molecule has 1 aromatic rings. The highest BCUT2D eigenvalue weighted by molar-refractivity contribution is 9.10. The molecule has 98 valence electrons. The SMILES string of the molecule is CCNC(CCC(C)(C)OC)c1cc(Br)cs1. The summed E-state index contributed by atoms with van der Waals surface area (Å²) in [4.78, 5) is 1.39. The Bertz CT molecular complexity index is 338. The first-order valence-electron chi connectivity index (χ1n) is 6.01. The van der Waals surface area contributed by atoms with Crippen LogP contribution < -0.4 is 5.32 Å². The zero-order chi connectivity index (χ0) is 12.9. The molecule has 0 saturated heterocycles. The van der Waals surface area contributed by atoms with Gasteiger partial charge in [0.15, 0.2) is 0 Å². The second kappa shape index (κ2) is 6.88. The smallest absolute Gasteiger partial charge is 0.0623 e. The Morgan fingerprint density at radius 3 is 2.71 bits per heavy atom. The molecule has 17 heavy (non-hydrogen) atoms. The third-order valence-corrected chi connectivity index (χ3v) is 4.78. The summed E-state index contributed by atoms with van der Waals surface area (Å²) in [5.74, 6) is 0. The van der Waals surface area contributed by atoms with Gasteiger partial charge in [-0.3, -0.25) is 0 Å². The van der Waals surface area contributed by atoms with Crippen molar-refractivity contribution in [2.75, 3.05) is 13.7 Å². The Kier molecular flexibility index (Phi) is 6.13. The summed E-state index contributed by atoms with van der Waals surface area (Å²) in [6.07, 6.45) is 2.15. The van der Waals surface area contributed by atoms with Crippen LogP contribution in [0.15, 0.2) is 15.9 Å². The van der Waals surface area contributed by atoms with Gasteiger partial charge in [-0.05, 0) is 55.2 Å². The van der Waals surface area contributed by atoms with Gasteiger partial charge in [0.25, 0.3) is 0 Å². The molecule has 0 aliphatic carbocycles. The fraction of sp³-hybridized carbons (Fsp3) is 0.692. The number of ether oxygens (including phenoxy) is 1. The van der Waals surface area contributed by atoms with Crippen molar-refractivity contribution >= 4 is 27.3 Å². The first-order chi connectivity index (χ1) is 7.98. The van der Waals surface area contributed by atoms with Crippen molar-refractivity contribution in [3.05, 3.63) is 20.8 Å². The highest BCUT2D eigenvalue weighted by Crippen LogP contribution is 2.30. The quantitative estimate of drug-likeness (QED) is 0.806. The highest BCUT2D eigenvalue weighted by atomic mass is 79.9. The molecule has 1 aromatic heterocycles. The van der Waals surface area contributed by atoms with Crippen molar-refractivity contribution in [3.63, 3.8) is 0 Å². The van der Waals surface area contributed by atoms with Crippen LogP contribution in [0.5, 0.6) is 0 Å². The van der Waals surface area contributed by atoms with Gasteiger partial charge in [-0.15, -0.1) is 11.3 Å². The van der Waals surface area contributed by atoms with E-state index in [1.807, 2.05) is 0 Å². The van der Waals surface area contributed by atoms with E-state index < -0.39 is 0 Å². The molecule has 0 saturated carbocycles. The van der Waals surface area contributed by atoms with E-state index in [0.717, 1.165) is 19.4 Å². The molecule has 1 atom stereocenters. The van der Waals surface area contributed by atoms with E-state index in [1.54, 1.807) is 18.4 Å². The van der Waals surface area contributed by atoms with Gasteiger partial charge in [0, 0.05) is 27.9 Å². The number of nitrogens with one attached hydrogen (secondary N) is 1. The Morgan fingerprint density at radius 1 is 1.53 bits per heavy atom. The Morgan fingerprint density at radius 2 is 2.24 bits per heavy atom. The highest BCUT2D eigenvalue weighted by Gasteiger charge is 2.20. The predicted molar refractivity (Wildman–Crippen MR) is 78.8 cm³/mol. The normalized spacial score (nSPS) is 13.9. The van der Waals surface area contributed by atoms with Crippen molar-refractivity contribution in [3.8, 4) is 0 Å².